The van der Waals surface area contributed by atoms with Crippen molar-refractivity contribution in [3.05, 3.63) is 83.1 Å². The van der Waals surface area contributed by atoms with E-state index in [2.05, 4.69) is 0 Å². The topological polar surface area (TPSA) is 52.6 Å². The van der Waals surface area contributed by atoms with Crippen LogP contribution >= 0.6 is 0 Å². The second-order valence-corrected chi connectivity index (χ2v) is 4.84. The standard InChI is InChI=1S/C18H14O4/c1-21-17-14(15(19)12-8-4-2-5-9-12)16(22-18(17)20)13-10-6-3-7-11-13/h2-11,16H,1H3. The highest BCUT2D eigenvalue weighted by Gasteiger charge is 2.40. The summed E-state index contributed by atoms with van der Waals surface area (Å²) in [5.41, 5.74) is 1.47. The molecule has 3 rings (SSSR count). The van der Waals surface area contributed by atoms with Gasteiger partial charge >= 0.3 is 5.97 Å². The van der Waals surface area contributed by atoms with Gasteiger partial charge in [0.05, 0.1) is 12.7 Å². The molecule has 0 amide bonds. The molecule has 0 fully saturated rings. The predicted octanol–water partition coefficient (Wildman–Crippen LogP) is 3.07. The number of ketones is 1. The largest absolute Gasteiger partial charge is 0.489 e. The Kier molecular flexibility index (Phi) is 3.74. The summed E-state index contributed by atoms with van der Waals surface area (Å²) >= 11 is 0. The van der Waals surface area contributed by atoms with E-state index in [0.29, 0.717) is 5.56 Å². The maximum absolute atomic E-state index is 12.8. The van der Waals surface area contributed by atoms with Crippen LogP contribution < -0.4 is 0 Å². The Balaban J connectivity index is 2.08. The van der Waals surface area contributed by atoms with Crippen molar-refractivity contribution in [2.75, 3.05) is 7.11 Å². The van der Waals surface area contributed by atoms with Crippen LogP contribution in [-0.2, 0) is 14.3 Å². The molecule has 1 heterocycles. The van der Waals surface area contributed by atoms with Crippen molar-refractivity contribution >= 4 is 11.8 Å². The summed E-state index contributed by atoms with van der Waals surface area (Å²) in [5.74, 6) is -0.907. The fourth-order valence-corrected chi connectivity index (χ4v) is 2.47. The lowest BCUT2D eigenvalue weighted by Gasteiger charge is -2.13. The highest BCUT2D eigenvalue weighted by atomic mass is 16.6. The Morgan fingerprint density at radius 2 is 1.59 bits per heavy atom. The summed E-state index contributed by atoms with van der Waals surface area (Å²) in [6.45, 7) is 0. The van der Waals surface area contributed by atoms with Crippen LogP contribution in [0.25, 0.3) is 0 Å². The smallest absolute Gasteiger partial charge is 0.375 e. The van der Waals surface area contributed by atoms with Crippen molar-refractivity contribution in [1.29, 1.82) is 0 Å². The molecule has 0 aliphatic carbocycles. The van der Waals surface area contributed by atoms with Gasteiger partial charge in [-0.05, 0) is 5.56 Å². The number of Topliss-reactive ketones (excluding diaryl/α,β-unsaturated/α-hetero) is 1. The zero-order chi connectivity index (χ0) is 15.5. The Morgan fingerprint density at radius 3 is 2.18 bits per heavy atom. The van der Waals surface area contributed by atoms with Gasteiger partial charge in [-0.3, -0.25) is 4.79 Å². The molecule has 0 aromatic heterocycles. The van der Waals surface area contributed by atoms with Gasteiger partial charge in [-0.2, -0.15) is 0 Å². The van der Waals surface area contributed by atoms with Crippen molar-refractivity contribution in [3.63, 3.8) is 0 Å². The summed E-state index contributed by atoms with van der Waals surface area (Å²) in [4.78, 5) is 24.8. The van der Waals surface area contributed by atoms with Crippen LogP contribution in [0, 0.1) is 0 Å². The van der Waals surface area contributed by atoms with Gasteiger partial charge in [0, 0.05) is 5.56 Å². The third kappa shape index (κ3) is 2.39. The molecule has 110 valence electrons. The van der Waals surface area contributed by atoms with Crippen LogP contribution in [0.2, 0.25) is 0 Å². The summed E-state index contributed by atoms with van der Waals surface area (Å²) < 4.78 is 10.5. The normalized spacial score (nSPS) is 17.3. The van der Waals surface area contributed by atoms with E-state index in [1.165, 1.54) is 7.11 Å². The number of benzene rings is 2. The lowest BCUT2D eigenvalue weighted by atomic mass is 9.94. The number of hydrogen-bond donors (Lipinski definition) is 0. The van der Waals surface area contributed by atoms with Crippen molar-refractivity contribution in [1.82, 2.24) is 0 Å². The molecule has 1 atom stereocenters. The fourth-order valence-electron chi connectivity index (χ4n) is 2.47. The molecule has 0 spiro atoms. The number of hydrogen-bond acceptors (Lipinski definition) is 4. The van der Waals surface area contributed by atoms with E-state index < -0.39 is 12.1 Å². The number of rotatable bonds is 4. The first-order valence-electron chi connectivity index (χ1n) is 6.86. The molecule has 4 heteroatoms. The first kappa shape index (κ1) is 14.1. The van der Waals surface area contributed by atoms with Crippen molar-refractivity contribution < 1.29 is 19.1 Å². The average Bonchev–Trinajstić information content (AvgIpc) is 2.92. The molecule has 0 radical (unpaired) electrons. The third-order valence-electron chi connectivity index (χ3n) is 3.50. The van der Waals surface area contributed by atoms with E-state index in [1.54, 1.807) is 24.3 Å². The molecule has 2 aromatic rings. The minimum atomic E-state index is -0.739. The van der Waals surface area contributed by atoms with Gasteiger partial charge in [-0.1, -0.05) is 60.7 Å². The van der Waals surface area contributed by atoms with E-state index in [9.17, 15) is 9.59 Å². The van der Waals surface area contributed by atoms with Crippen LogP contribution in [0.4, 0.5) is 0 Å². The minimum Gasteiger partial charge on any atom is -0.489 e. The zero-order valence-electron chi connectivity index (χ0n) is 12.0. The second-order valence-electron chi connectivity index (χ2n) is 4.84. The van der Waals surface area contributed by atoms with E-state index >= 15 is 0 Å². The Bertz CT molecular complexity index is 732. The minimum absolute atomic E-state index is 0.0253. The van der Waals surface area contributed by atoms with Crippen LogP contribution in [0.15, 0.2) is 72.0 Å². The summed E-state index contributed by atoms with van der Waals surface area (Å²) in [6, 6.07) is 17.9. The van der Waals surface area contributed by atoms with Gasteiger partial charge in [0.1, 0.15) is 0 Å². The Morgan fingerprint density at radius 1 is 1.00 bits per heavy atom. The lowest BCUT2D eigenvalue weighted by Crippen LogP contribution is -2.11. The number of ether oxygens (including phenoxy) is 2. The number of methoxy groups -OCH3 is 1. The summed E-state index contributed by atoms with van der Waals surface area (Å²) in [6.07, 6.45) is -0.739. The number of esters is 1. The molecule has 0 N–H and O–H groups in total. The summed E-state index contributed by atoms with van der Waals surface area (Å²) in [7, 11) is 1.36. The zero-order valence-corrected chi connectivity index (χ0v) is 12.0. The molecule has 4 nitrogen and oxygen atoms in total. The number of cyclic esters (lactones) is 1. The van der Waals surface area contributed by atoms with Crippen LogP contribution in [0.3, 0.4) is 0 Å². The molecule has 2 aromatic carbocycles. The summed E-state index contributed by atoms with van der Waals surface area (Å²) in [5, 5.41) is 0. The molecular weight excluding hydrogens is 280 g/mol. The Labute approximate surface area is 128 Å². The number of carbonyl (C=O) groups excluding carboxylic acids is 2. The van der Waals surface area contributed by atoms with Gasteiger partial charge in [-0.15, -0.1) is 0 Å². The lowest BCUT2D eigenvalue weighted by molar-refractivity contribution is -0.142. The van der Waals surface area contributed by atoms with Gasteiger partial charge in [0.15, 0.2) is 11.9 Å². The monoisotopic (exact) mass is 294 g/mol. The molecule has 1 aliphatic rings. The maximum atomic E-state index is 12.8. The molecular formula is C18H14O4. The van der Waals surface area contributed by atoms with E-state index in [-0.39, 0.29) is 17.1 Å². The highest BCUT2D eigenvalue weighted by molar-refractivity contribution is 6.14. The molecule has 0 saturated carbocycles. The van der Waals surface area contributed by atoms with Crippen molar-refractivity contribution in [2.45, 2.75) is 6.10 Å². The second kappa shape index (κ2) is 5.85. The van der Waals surface area contributed by atoms with Crippen LogP contribution in [-0.4, -0.2) is 18.9 Å². The first-order valence-corrected chi connectivity index (χ1v) is 6.86. The van der Waals surface area contributed by atoms with Gasteiger partial charge in [0.25, 0.3) is 0 Å². The highest BCUT2D eigenvalue weighted by Crippen LogP contribution is 2.37. The van der Waals surface area contributed by atoms with Gasteiger partial charge < -0.3 is 9.47 Å². The molecule has 22 heavy (non-hydrogen) atoms. The molecule has 1 aliphatic heterocycles. The predicted molar refractivity (Wildman–Crippen MR) is 80.1 cm³/mol. The third-order valence-corrected chi connectivity index (χ3v) is 3.50. The van der Waals surface area contributed by atoms with Crippen molar-refractivity contribution in [2.24, 2.45) is 0 Å². The Hall–Kier alpha value is -2.88. The molecule has 1 unspecified atom stereocenters. The van der Waals surface area contributed by atoms with Crippen LogP contribution in [0.5, 0.6) is 0 Å². The van der Waals surface area contributed by atoms with E-state index in [4.69, 9.17) is 9.47 Å². The SMILES string of the molecule is COC1=C(C(=O)c2ccccc2)C(c2ccccc2)OC1=O. The quantitative estimate of drug-likeness (QED) is 0.642. The van der Waals surface area contributed by atoms with Crippen molar-refractivity contribution in [3.8, 4) is 0 Å². The first-order chi connectivity index (χ1) is 10.7. The van der Waals surface area contributed by atoms with E-state index in [1.807, 2.05) is 36.4 Å². The van der Waals surface area contributed by atoms with Crippen LogP contribution in [0.1, 0.15) is 22.0 Å². The van der Waals surface area contributed by atoms with E-state index in [0.717, 1.165) is 5.56 Å². The molecule has 0 bridgehead atoms. The average molecular weight is 294 g/mol. The number of carbonyl (C=O) groups is 2. The van der Waals surface area contributed by atoms with Gasteiger partial charge in [-0.25, -0.2) is 4.79 Å². The maximum Gasteiger partial charge on any atom is 0.375 e. The molecule has 0 saturated heterocycles. The van der Waals surface area contributed by atoms with Gasteiger partial charge in [0.2, 0.25) is 5.76 Å². The fraction of sp³-hybridized carbons (Fsp3) is 0.111.